The van der Waals surface area contributed by atoms with Crippen LogP contribution in [0.1, 0.15) is 51.9 Å². The molecule has 3 aromatic carbocycles. The number of anilines is 1. The minimum atomic E-state index is -1.88. The first kappa shape index (κ1) is 22.4. The lowest BCUT2D eigenvalue weighted by atomic mass is 9.85. The molecule has 1 aliphatic carbocycles. The van der Waals surface area contributed by atoms with Crippen molar-refractivity contribution in [1.82, 2.24) is 0 Å². The highest BCUT2D eigenvalue weighted by atomic mass is 16.5. The molecule has 3 aromatic rings. The number of fused-ring (bicyclic) bond motifs is 2. The Kier molecular flexibility index (Phi) is 5.96. The summed E-state index contributed by atoms with van der Waals surface area (Å²) in [6.45, 7) is 2.55. The van der Waals surface area contributed by atoms with Crippen LogP contribution in [0.15, 0.2) is 66.7 Å². The second-order valence-corrected chi connectivity index (χ2v) is 9.29. The van der Waals surface area contributed by atoms with Crippen LogP contribution in [0.2, 0.25) is 0 Å². The van der Waals surface area contributed by atoms with Crippen molar-refractivity contribution in [2.75, 3.05) is 18.1 Å². The highest BCUT2D eigenvalue weighted by molar-refractivity contribution is 6.10. The number of carbonyl (C=O) groups is 2. The van der Waals surface area contributed by atoms with Crippen molar-refractivity contribution in [2.45, 2.75) is 44.6 Å². The number of benzene rings is 3. The van der Waals surface area contributed by atoms with Crippen molar-refractivity contribution in [2.24, 2.45) is 0 Å². The number of hydrogen-bond donors (Lipinski definition) is 1. The summed E-state index contributed by atoms with van der Waals surface area (Å²) in [7, 11) is 0. The van der Waals surface area contributed by atoms with E-state index in [1.165, 1.54) is 22.4 Å². The van der Waals surface area contributed by atoms with Gasteiger partial charge in [0.2, 0.25) is 0 Å². The maximum atomic E-state index is 13.4. The van der Waals surface area contributed by atoms with Crippen LogP contribution < -0.4 is 9.64 Å². The van der Waals surface area contributed by atoms with Crippen molar-refractivity contribution in [1.29, 1.82) is 0 Å². The normalized spacial score (nSPS) is 19.0. The molecular weight excluding hydrogens is 426 g/mol. The molecule has 0 fully saturated rings. The SMILES string of the molecule is Cc1cccc(OCCN2C(=O)C(O)(CC(=O)c3ccc4c(c3)CCCC4)c3ccccc32)c1. The summed E-state index contributed by atoms with van der Waals surface area (Å²) in [4.78, 5) is 28.2. The van der Waals surface area contributed by atoms with Crippen molar-refractivity contribution >= 4 is 17.4 Å². The maximum Gasteiger partial charge on any atom is 0.264 e. The highest BCUT2D eigenvalue weighted by Crippen LogP contribution is 2.42. The summed E-state index contributed by atoms with van der Waals surface area (Å²) >= 11 is 0. The minimum Gasteiger partial charge on any atom is -0.492 e. The van der Waals surface area contributed by atoms with Gasteiger partial charge in [0.25, 0.3) is 5.91 Å². The first-order valence-corrected chi connectivity index (χ1v) is 11.9. The number of Topliss-reactive ketones (excluding diaryl/α,β-unsaturated/α-hetero) is 1. The van der Waals surface area contributed by atoms with E-state index in [4.69, 9.17) is 4.74 Å². The summed E-state index contributed by atoms with van der Waals surface area (Å²) in [5, 5.41) is 11.6. The van der Waals surface area contributed by atoms with E-state index < -0.39 is 11.5 Å². The summed E-state index contributed by atoms with van der Waals surface area (Å²) in [6, 6.07) is 20.7. The summed E-state index contributed by atoms with van der Waals surface area (Å²) in [5.41, 5.74) is 3.37. The molecule has 1 N–H and O–H groups in total. The predicted octanol–water partition coefficient (Wildman–Crippen LogP) is 4.76. The second-order valence-electron chi connectivity index (χ2n) is 9.29. The molecule has 0 saturated heterocycles. The molecular formula is C29H29NO4. The standard InChI is InChI=1S/C29H29NO4/c1-20-7-6-10-24(17-20)34-16-15-30-26-12-5-4-11-25(26)29(33,28(30)32)19-27(31)23-14-13-21-8-2-3-9-22(21)18-23/h4-7,10-14,17-18,33H,2-3,8-9,15-16,19H2,1H3. The molecule has 0 aromatic heterocycles. The maximum absolute atomic E-state index is 13.4. The molecule has 5 rings (SSSR count). The van der Waals surface area contributed by atoms with Crippen LogP contribution in [0.5, 0.6) is 5.75 Å². The van der Waals surface area contributed by atoms with E-state index in [1.807, 2.05) is 55.5 Å². The first-order chi connectivity index (χ1) is 16.5. The lowest BCUT2D eigenvalue weighted by Gasteiger charge is -2.23. The number of hydrogen-bond acceptors (Lipinski definition) is 4. The molecule has 1 aliphatic heterocycles. The number of para-hydroxylation sites is 1. The molecule has 34 heavy (non-hydrogen) atoms. The Labute approximate surface area is 200 Å². The van der Waals surface area contributed by atoms with Crippen molar-refractivity contribution in [3.63, 3.8) is 0 Å². The molecule has 5 heteroatoms. The Hall–Kier alpha value is -3.44. The number of amides is 1. The van der Waals surface area contributed by atoms with E-state index in [1.54, 1.807) is 18.2 Å². The lowest BCUT2D eigenvalue weighted by Crippen LogP contribution is -2.43. The Bertz CT molecular complexity index is 1250. The van der Waals surface area contributed by atoms with Gasteiger partial charge in [0.15, 0.2) is 11.4 Å². The molecule has 1 amide bonds. The first-order valence-electron chi connectivity index (χ1n) is 11.9. The van der Waals surface area contributed by atoms with Gasteiger partial charge >= 0.3 is 0 Å². The van der Waals surface area contributed by atoms with E-state index in [-0.39, 0.29) is 25.4 Å². The van der Waals surface area contributed by atoms with Gasteiger partial charge in [0.1, 0.15) is 12.4 Å². The summed E-state index contributed by atoms with van der Waals surface area (Å²) in [6.07, 6.45) is 4.03. The van der Waals surface area contributed by atoms with Crippen LogP contribution in [0, 0.1) is 6.92 Å². The van der Waals surface area contributed by atoms with Crippen LogP contribution in [-0.4, -0.2) is 29.9 Å². The molecule has 0 spiro atoms. The fourth-order valence-corrected chi connectivity index (χ4v) is 5.10. The Morgan fingerprint density at radius 1 is 1.00 bits per heavy atom. The zero-order chi connectivity index (χ0) is 23.7. The molecule has 0 saturated carbocycles. The molecule has 0 bridgehead atoms. The van der Waals surface area contributed by atoms with E-state index in [0.717, 1.165) is 30.6 Å². The van der Waals surface area contributed by atoms with Crippen LogP contribution in [0.3, 0.4) is 0 Å². The Morgan fingerprint density at radius 3 is 2.62 bits per heavy atom. The smallest absolute Gasteiger partial charge is 0.264 e. The quantitative estimate of drug-likeness (QED) is 0.522. The van der Waals surface area contributed by atoms with Gasteiger partial charge in [-0.05, 0) is 73.6 Å². The van der Waals surface area contributed by atoms with Gasteiger partial charge in [-0.1, -0.05) is 42.5 Å². The third kappa shape index (κ3) is 4.12. The zero-order valence-corrected chi connectivity index (χ0v) is 19.4. The van der Waals surface area contributed by atoms with Crippen LogP contribution in [0.4, 0.5) is 5.69 Å². The van der Waals surface area contributed by atoms with Crippen LogP contribution >= 0.6 is 0 Å². The number of nitrogens with zero attached hydrogens (tertiary/aromatic N) is 1. The Morgan fingerprint density at radius 2 is 1.79 bits per heavy atom. The fraction of sp³-hybridized carbons (Fsp3) is 0.310. The molecule has 174 valence electrons. The molecule has 2 aliphatic rings. The van der Waals surface area contributed by atoms with Crippen molar-refractivity contribution in [3.05, 3.63) is 94.5 Å². The highest BCUT2D eigenvalue weighted by Gasteiger charge is 2.50. The number of aliphatic hydroxyl groups is 1. The van der Waals surface area contributed by atoms with Gasteiger partial charge in [0, 0.05) is 11.1 Å². The van der Waals surface area contributed by atoms with Gasteiger partial charge < -0.3 is 14.7 Å². The average molecular weight is 456 g/mol. The zero-order valence-electron chi connectivity index (χ0n) is 19.4. The van der Waals surface area contributed by atoms with Gasteiger partial charge in [-0.3, -0.25) is 9.59 Å². The predicted molar refractivity (Wildman–Crippen MR) is 131 cm³/mol. The van der Waals surface area contributed by atoms with E-state index in [2.05, 4.69) is 0 Å². The van der Waals surface area contributed by atoms with Gasteiger partial charge in [-0.25, -0.2) is 0 Å². The lowest BCUT2D eigenvalue weighted by molar-refractivity contribution is -0.135. The van der Waals surface area contributed by atoms with Gasteiger partial charge in [-0.15, -0.1) is 0 Å². The van der Waals surface area contributed by atoms with Crippen molar-refractivity contribution < 1.29 is 19.4 Å². The van der Waals surface area contributed by atoms with Crippen molar-refractivity contribution in [3.8, 4) is 5.75 Å². The molecule has 1 unspecified atom stereocenters. The van der Waals surface area contributed by atoms with Gasteiger partial charge in [-0.2, -0.15) is 0 Å². The summed E-state index contributed by atoms with van der Waals surface area (Å²) in [5.74, 6) is 0.0301. The summed E-state index contributed by atoms with van der Waals surface area (Å²) < 4.78 is 5.84. The van der Waals surface area contributed by atoms with E-state index in [9.17, 15) is 14.7 Å². The average Bonchev–Trinajstić information content (AvgIpc) is 3.05. The van der Waals surface area contributed by atoms with Gasteiger partial charge in [0.05, 0.1) is 18.7 Å². The fourth-order valence-electron chi connectivity index (χ4n) is 5.10. The van der Waals surface area contributed by atoms with E-state index >= 15 is 0 Å². The molecule has 1 atom stereocenters. The van der Waals surface area contributed by atoms with Crippen LogP contribution in [-0.2, 0) is 23.2 Å². The number of rotatable bonds is 7. The molecule has 1 heterocycles. The third-order valence-electron chi connectivity index (χ3n) is 6.90. The minimum absolute atomic E-state index is 0.225. The number of ketones is 1. The number of carbonyl (C=O) groups excluding carboxylic acids is 2. The second kappa shape index (κ2) is 9.07. The molecule has 5 nitrogen and oxygen atoms in total. The number of aryl methyl sites for hydroxylation is 3. The largest absolute Gasteiger partial charge is 0.492 e. The van der Waals surface area contributed by atoms with Crippen LogP contribution in [0.25, 0.3) is 0 Å². The third-order valence-corrected chi connectivity index (χ3v) is 6.90. The number of ether oxygens (including phenoxy) is 1. The molecule has 0 radical (unpaired) electrons. The van der Waals surface area contributed by atoms with E-state index in [0.29, 0.717) is 16.8 Å². The monoisotopic (exact) mass is 455 g/mol. The Balaban J connectivity index is 1.35. The topological polar surface area (TPSA) is 66.8 Å².